The van der Waals surface area contributed by atoms with Gasteiger partial charge in [-0.3, -0.25) is 14.9 Å². The van der Waals surface area contributed by atoms with Crippen molar-refractivity contribution in [3.8, 4) is 0 Å². The zero-order valence-corrected chi connectivity index (χ0v) is 11.5. The number of nitro benzene ring substituents is 1. The Morgan fingerprint density at radius 3 is 2.48 bits per heavy atom. The third-order valence-electron chi connectivity index (χ3n) is 2.80. The first-order valence-corrected chi connectivity index (χ1v) is 6.29. The van der Waals surface area contributed by atoms with Gasteiger partial charge in [-0.15, -0.1) is 0 Å². The lowest BCUT2D eigenvalue weighted by Gasteiger charge is -2.08. The van der Waals surface area contributed by atoms with Crippen LogP contribution in [-0.4, -0.2) is 17.4 Å². The summed E-state index contributed by atoms with van der Waals surface area (Å²) in [7, 11) is 0. The molecule has 0 spiro atoms. The van der Waals surface area contributed by atoms with Gasteiger partial charge in [0, 0.05) is 17.8 Å². The van der Waals surface area contributed by atoms with Gasteiger partial charge in [0.1, 0.15) is 11.6 Å². The first-order valence-electron chi connectivity index (χ1n) is 6.29. The molecule has 0 saturated carbocycles. The van der Waals surface area contributed by atoms with Gasteiger partial charge in [0.25, 0.3) is 0 Å². The van der Waals surface area contributed by atoms with E-state index in [0.717, 1.165) is 30.3 Å². The lowest BCUT2D eigenvalue weighted by Crippen LogP contribution is -2.22. The van der Waals surface area contributed by atoms with Gasteiger partial charge >= 0.3 is 5.69 Å². The molecule has 0 unspecified atom stereocenters. The van der Waals surface area contributed by atoms with Crippen molar-refractivity contribution in [1.29, 1.82) is 0 Å². The summed E-state index contributed by atoms with van der Waals surface area (Å²) in [5, 5.41) is 15.3. The highest BCUT2D eigenvalue weighted by atomic mass is 19.1. The molecule has 2 aromatic rings. The van der Waals surface area contributed by atoms with Crippen molar-refractivity contribution in [3.63, 3.8) is 0 Å². The van der Waals surface area contributed by atoms with Gasteiger partial charge in [-0.05, 0) is 24.3 Å². The van der Waals surface area contributed by atoms with Gasteiger partial charge in [-0.25, -0.2) is 8.78 Å². The molecular formula is C14H10F3N3O3. The number of carbonyl (C=O) groups is 1. The summed E-state index contributed by atoms with van der Waals surface area (Å²) in [4.78, 5) is 21.4. The topological polar surface area (TPSA) is 84.3 Å². The van der Waals surface area contributed by atoms with Crippen LogP contribution in [0.4, 0.5) is 30.2 Å². The van der Waals surface area contributed by atoms with Gasteiger partial charge in [-0.2, -0.15) is 4.39 Å². The first-order chi connectivity index (χ1) is 10.9. The Hall–Kier alpha value is -3.10. The Bertz CT molecular complexity index is 768. The fraction of sp³-hybridized carbons (Fsp3) is 0.0714. The number of nitrogens with one attached hydrogen (secondary N) is 2. The first kappa shape index (κ1) is 16.3. The second kappa shape index (κ2) is 6.77. The molecule has 0 aliphatic rings. The number of benzene rings is 2. The smallest absolute Gasteiger partial charge is 0.306 e. The second-order valence-corrected chi connectivity index (χ2v) is 4.45. The van der Waals surface area contributed by atoms with E-state index in [1.165, 1.54) is 6.07 Å². The summed E-state index contributed by atoms with van der Waals surface area (Å²) in [5.41, 5.74) is -0.943. The standard InChI is InChI=1S/C14H10F3N3O3/c15-8-1-3-10(16)12(5-8)19-14(21)7-18-9-2-4-11(17)13(6-9)20(22)23/h1-6,18H,7H2,(H,19,21). The molecule has 0 heterocycles. The third-order valence-corrected chi connectivity index (χ3v) is 2.80. The van der Waals surface area contributed by atoms with E-state index in [2.05, 4.69) is 10.6 Å². The van der Waals surface area contributed by atoms with Crippen molar-refractivity contribution in [2.45, 2.75) is 0 Å². The number of amides is 1. The molecule has 0 aliphatic heterocycles. The Morgan fingerprint density at radius 1 is 1.09 bits per heavy atom. The van der Waals surface area contributed by atoms with Crippen molar-refractivity contribution in [1.82, 2.24) is 0 Å². The Labute approximate surface area is 128 Å². The van der Waals surface area contributed by atoms with E-state index < -0.39 is 34.0 Å². The molecule has 1 amide bonds. The fourth-order valence-electron chi connectivity index (χ4n) is 1.73. The number of rotatable bonds is 5. The Morgan fingerprint density at radius 2 is 1.78 bits per heavy atom. The molecule has 0 aromatic heterocycles. The molecule has 2 aromatic carbocycles. The van der Waals surface area contributed by atoms with Crippen molar-refractivity contribution >= 4 is 23.0 Å². The largest absolute Gasteiger partial charge is 0.376 e. The van der Waals surface area contributed by atoms with Crippen LogP contribution in [0.3, 0.4) is 0 Å². The SMILES string of the molecule is O=C(CNc1ccc(F)c([N+](=O)[O-])c1)Nc1cc(F)ccc1F. The summed E-state index contributed by atoms with van der Waals surface area (Å²) < 4.78 is 39.5. The number of nitro groups is 1. The van der Waals surface area contributed by atoms with Gasteiger partial charge in [0.15, 0.2) is 0 Å². The molecule has 0 fully saturated rings. The van der Waals surface area contributed by atoms with E-state index in [-0.39, 0.29) is 17.9 Å². The zero-order valence-electron chi connectivity index (χ0n) is 11.5. The molecule has 23 heavy (non-hydrogen) atoms. The highest BCUT2D eigenvalue weighted by molar-refractivity contribution is 5.93. The summed E-state index contributed by atoms with van der Waals surface area (Å²) in [5.74, 6) is -3.24. The molecule has 2 rings (SSSR count). The van der Waals surface area contributed by atoms with Crippen LogP contribution in [0.15, 0.2) is 36.4 Å². The number of halogens is 3. The predicted molar refractivity (Wildman–Crippen MR) is 76.5 cm³/mol. The highest BCUT2D eigenvalue weighted by Gasteiger charge is 2.15. The molecule has 0 radical (unpaired) electrons. The summed E-state index contributed by atoms with van der Waals surface area (Å²) >= 11 is 0. The van der Waals surface area contributed by atoms with Crippen molar-refractivity contribution in [3.05, 3.63) is 64.0 Å². The summed E-state index contributed by atoms with van der Waals surface area (Å²) in [6.45, 7) is -0.376. The molecular weight excluding hydrogens is 315 g/mol. The fourth-order valence-corrected chi connectivity index (χ4v) is 1.73. The van der Waals surface area contributed by atoms with Crippen molar-refractivity contribution in [2.24, 2.45) is 0 Å². The minimum atomic E-state index is -1.01. The van der Waals surface area contributed by atoms with Crippen LogP contribution < -0.4 is 10.6 Å². The van der Waals surface area contributed by atoms with E-state index in [1.807, 2.05) is 0 Å². The van der Waals surface area contributed by atoms with E-state index in [4.69, 9.17) is 0 Å². The van der Waals surface area contributed by atoms with Crippen LogP contribution in [0.25, 0.3) is 0 Å². The molecule has 2 N–H and O–H groups in total. The van der Waals surface area contributed by atoms with E-state index in [9.17, 15) is 28.1 Å². The number of anilines is 2. The van der Waals surface area contributed by atoms with E-state index in [1.54, 1.807) is 0 Å². The van der Waals surface area contributed by atoms with Crippen LogP contribution >= 0.6 is 0 Å². The molecule has 0 bridgehead atoms. The third kappa shape index (κ3) is 4.19. The highest BCUT2D eigenvalue weighted by Crippen LogP contribution is 2.21. The van der Waals surface area contributed by atoms with Gasteiger partial charge in [0.2, 0.25) is 11.7 Å². The number of carbonyl (C=O) groups excluding carboxylic acids is 1. The Kier molecular flexibility index (Phi) is 4.79. The van der Waals surface area contributed by atoms with Crippen LogP contribution in [0, 0.1) is 27.6 Å². The van der Waals surface area contributed by atoms with Gasteiger partial charge < -0.3 is 10.6 Å². The molecule has 0 saturated heterocycles. The second-order valence-electron chi connectivity index (χ2n) is 4.45. The van der Waals surface area contributed by atoms with E-state index in [0.29, 0.717) is 0 Å². The maximum atomic E-state index is 13.4. The number of nitrogens with zero attached hydrogens (tertiary/aromatic N) is 1. The quantitative estimate of drug-likeness (QED) is 0.653. The average molecular weight is 325 g/mol. The van der Waals surface area contributed by atoms with Gasteiger partial charge in [0.05, 0.1) is 17.2 Å². The molecule has 9 heteroatoms. The maximum Gasteiger partial charge on any atom is 0.306 e. The normalized spacial score (nSPS) is 10.2. The summed E-state index contributed by atoms with van der Waals surface area (Å²) in [6, 6.07) is 5.59. The molecule has 0 atom stereocenters. The van der Waals surface area contributed by atoms with Crippen LogP contribution in [0.1, 0.15) is 0 Å². The molecule has 120 valence electrons. The number of hydrogen-bond acceptors (Lipinski definition) is 4. The summed E-state index contributed by atoms with van der Waals surface area (Å²) in [6.07, 6.45) is 0. The average Bonchev–Trinajstić information content (AvgIpc) is 2.50. The predicted octanol–water partition coefficient (Wildman–Crippen LogP) is 3.06. The Balaban J connectivity index is 2.01. The monoisotopic (exact) mass is 325 g/mol. The van der Waals surface area contributed by atoms with Crippen molar-refractivity contribution in [2.75, 3.05) is 17.2 Å². The minimum Gasteiger partial charge on any atom is -0.376 e. The minimum absolute atomic E-state index is 0.132. The van der Waals surface area contributed by atoms with Gasteiger partial charge in [-0.1, -0.05) is 0 Å². The van der Waals surface area contributed by atoms with Crippen LogP contribution in [0.5, 0.6) is 0 Å². The maximum absolute atomic E-state index is 13.4. The van der Waals surface area contributed by atoms with Crippen LogP contribution in [-0.2, 0) is 4.79 Å². The lowest BCUT2D eigenvalue weighted by molar-refractivity contribution is -0.387. The number of hydrogen-bond donors (Lipinski definition) is 2. The van der Waals surface area contributed by atoms with Crippen LogP contribution in [0.2, 0.25) is 0 Å². The zero-order chi connectivity index (χ0) is 17.0. The lowest BCUT2D eigenvalue weighted by atomic mass is 10.2. The van der Waals surface area contributed by atoms with Crippen molar-refractivity contribution < 1.29 is 22.9 Å². The van der Waals surface area contributed by atoms with E-state index >= 15 is 0 Å². The molecule has 0 aliphatic carbocycles. The molecule has 6 nitrogen and oxygen atoms in total.